The van der Waals surface area contributed by atoms with E-state index in [0.29, 0.717) is 30.4 Å². The summed E-state index contributed by atoms with van der Waals surface area (Å²) in [5, 5.41) is 8.91. The number of hydrogen-bond acceptors (Lipinski definition) is 4. The molecule has 1 aliphatic heterocycles. The van der Waals surface area contributed by atoms with E-state index in [0.717, 1.165) is 25.9 Å². The minimum absolute atomic E-state index is 0.111. The van der Waals surface area contributed by atoms with E-state index in [1.807, 2.05) is 17.0 Å². The molecule has 1 unspecified atom stereocenters. The molecule has 5 heteroatoms. The number of likely N-dealkylation sites (tertiary alicyclic amines) is 1. The maximum absolute atomic E-state index is 12.0. The number of anilines is 1. The third-order valence-electron chi connectivity index (χ3n) is 3.67. The van der Waals surface area contributed by atoms with E-state index in [1.54, 1.807) is 12.1 Å². The van der Waals surface area contributed by atoms with Gasteiger partial charge in [-0.3, -0.25) is 4.79 Å². The average Bonchev–Trinajstić information content (AvgIpc) is 2.90. The fourth-order valence-electron chi connectivity index (χ4n) is 2.50. The van der Waals surface area contributed by atoms with E-state index >= 15 is 0 Å². The van der Waals surface area contributed by atoms with Crippen LogP contribution in [0.3, 0.4) is 0 Å². The Bertz CT molecular complexity index is 450. The number of para-hydroxylation sites is 2. The van der Waals surface area contributed by atoms with Crippen molar-refractivity contribution in [1.29, 1.82) is 0 Å². The van der Waals surface area contributed by atoms with Crippen molar-refractivity contribution in [2.45, 2.75) is 19.3 Å². The molecule has 1 aliphatic rings. The lowest BCUT2D eigenvalue weighted by Gasteiger charge is -2.16. The van der Waals surface area contributed by atoms with Gasteiger partial charge in [0.2, 0.25) is 5.91 Å². The molecule has 0 spiro atoms. The van der Waals surface area contributed by atoms with Gasteiger partial charge >= 0.3 is 0 Å². The number of aliphatic hydroxyl groups is 1. The molecule has 1 aromatic rings. The van der Waals surface area contributed by atoms with Crippen LogP contribution < -0.4 is 10.5 Å². The summed E-state index contributed by atoms with van der Waals surface area (Å²) in [4.78, 5) is 13.9. The van der Waals surface area contributed by atoms with Crippen LogP contribution in [0, 0.1) is 5.92 Å². The second-order valence-corrected chi connectivity index (χ2v) is 5.14. The van der Waals surface area contributed by atoms with Gasteiger partial charge in [-0.2, -0.15) is 0 Å². The first-order valence-electron chi connectivity index (χ1n) is 7.06. The number of benzene rings is 1. The van der Waals surface area contributed by atoms with Gasteiger partial charge in [0.15, 0.2) is 0 Å². The van der Waals surface area contributed by atoms with Crippen molar-refractivity contribution in [3.8, 4) is 5.75 Å². The van der Waals surface area contributed by atoms with Crippen LogP contribution in [0.5, 0.6) is 5.75 Å². The smallest absolute Gasteiger partial charge is 0.226 e. The van der Waals surface area contributed by atoms with Crippen LogP contribution >= 0.6 is 0 Å². The molecule has 3 N–H and O–H groups in total. The minimum Gasteiger partial charge on any atom is -0.491 e. The predicted molar refractivity (Wildman–Crippen MR) is 77.4 cm³/mol. The van der Waals surface area contributed by atoms with E-state index in [4.69, 9.17) is 15.6 Å². The van der Waals surface area contributed by atoms with Crippen LogP contribution in [0.2, 0.25) is 0 Å². The second-order valence-electron chi connectivity index (χ2n) is 5.14. The second kappa shape index (κ2) is 7.14. The largest absolute Gasteiger partial charge is 0.491 e. The first-order valence-corrected chi connectivity index (χ1v) is 7.06. The molecule has 0 radical (unpaired) electrons. The highest BCUT2D eigenvalue weighted by molar-refractivity contribution is 5.76. The molecule has 1 aromatic carbocycles. The fraction of sp³-hybridized carbons (Fsp3) is 0.533. The Morgan fingerprint density at radius 2 is 2.25 bits per heavy atom. The van der Waals surface area contributed by atoms with E-state index in [1.165, 1.54) is 0 Å². The molecule has 20 heavy (non-hydrogen) atoms. The number of nitrogens with zero attached hydrogens (tertiary/aromatic N) is 1. The Balaban J connectivity index is 1.72. The molecule has 0 aromatic heterocycles. The van der Waals surface area contributed by atoms with Gasteiger partial charge in [0, 0.05) is 19.7 Å². The fourth-order valence-corrected chi connectivity index (χ4v) is 2.50. The first-order chi connectivity index (χ1) is 9.70. The van der Waals surface area contributed by atoms with Crippen LogP contribution in [-0.2, 0) is 4.79 Å². The van der Waals surface area contributed by atoms with Gasteiger partial charge < -0.3 is 20.5 Å². The van der Waals surface area contributed by atoms with Crippen molar-refractivity contribution in [2.75, 3.05) is 32.0 Å². The summed E-state index contributed by atoms with van der Waals surface area (Å²) < 4.78 is 5.53. The molecule has 0 saturated carbocycles. The Morgan fingerprint density at radius 1 is 1.45 bits per heavy atom. The van der Waals surface area contributed by atoms with Crippen molar-refractivity contribution in [1.82, 2.24) is 4.90 Å². The third kappa shape index (κ3) is 3.87. The molecule has 1 fully saturated rings. The minimum atomic E-state index is 0.111. The first kappa shape index (κ1) is 14.7. The summed E-state index contributed by atoms with van der Waals surface area (Å²) >= 11 is 0. The van der Waals surface area contributed by atoms with Gasteiger partial charge in [0.25, 0.3) is 0 Å². The number of carbonyl (C=O) groups is 1. The van der Waals surface area contributed by atoms with E-state index in [-0.39, 0.29) is 12.5 Å². The Hall–Kier alpha value is -1.75. The van der Waals surface area contributed by atoms with Gasteiger partial charge in [0.1, 0.15) is 5.75 Å². The standard InChI is InChI=1S/C15H22N2O3/c16-13-3-1-2-4-14(13)20-10-7-15(19)17-8-5-12(11-17)6-9-18/h1-4,12,18H,5-11,16H2. The number of ether oxygens (including phenoxy) is 1. The Labute approximate surface area is 119 Å². The summed E-state index contributed by atoms with van der Waals surface area (Å²) in [5.41, 5.74) is 6.35. The van der Waals surface area contributed by atoms with Gasteiger partial charge in [-0.05, 0) is 30.9 Å². The summed E-state index contributed by atoms with van der Waals surface area (Å²) in [6.07, 6.45) is 2.12. The number of nitrogen functional groups attached to an aromatic ring is 1. The Morgan fingerprint density at radius 3 is 3.00 bits per heavy atom. The van der Waals surface area contributed by atoms with Gasteiger partial charge in [-0.1, -0.05) is 12.1 Å². The number of hydrogen-bond donors (Lipinski definition) is 2. The lowest BCUT2D eigenvalue weighted by molar-refractivity contribution is -0.130. The number of aliphatic hydroxyl groups excluding tert-OH is 1. The highest BCUT2D eigenvalue weighted by Crippen LogP contribution is 2.21. The summed E-state index contributed by atoms with van der Waals surface area (Å²) in [7, 11) is 0. The molecule has 5 nitrogen and oxygen atoms in total. The lowest BCUT2D eigenvalue weighted by atomic mass is 10.1. The van der Waals surface area contributed by atoms with Crippen molar-refractivity contribution >= 4 is 11.6 Å². The van der Waals surface area contributed by atoms with Gasteiger partial charge in [-0.15, -0.1) is 0 Å². The monoisotopic (exact) mass is 278 g/mol. The topological polar surface area (TPSA) is 75.8 Å². The van der Waals surface area contributed by atoms with Crippen LogP contribution in [0.15, 0.2) is 24.3 Å². The van der Waals surface area contributed by atoms with Crippen molar-refractivity contribution in [3.05, 3.63) is 24.3 Å². The summed E-state index contributed by atoms with van der Waals surface area (Å²) in [6.45, 7) is 2.08. The summed E-state index contributed by atoms with van der Waals surface area (Å²) in [5.74, 6) is 1.18. The molecular weight excluding hydrogens is 256 g/mol. The molecular formula is C15H22N2O3. The van der Waals surface area contributed by atoms with Crippen LogP contribution in [0.1, 0.15) is 19.3 Å². The van der Waals surface area contributed by atoms with Crippen LogP contribution in [0.4, 0.5) is 5.69 Å². The Kier molecular flexibility index (Phi) is 5.24. The molecule has 0 bridgehead atoms. The number of carbonyl (C=O) groups excluding carboxylic acids is 1. The van der Waals surface area contributed by atoms with E-state index in [2.05, 4.69) is 0 Å². The third-order valence-corrected chi connectivity index (χ3v) is 3.67. The number of nitrogens with two attached hydrogens (primary N) is 1. The number of rotatable bonds is 6. The highest BCUT2D eigenvalue weighted by atomic mass is 16.5. The maximum Gasteiger partial charge on any atom is 0.226 e. The van der Waals surface area contributed by atoms with Crippen LogP contribution in [-0.4, -0.2) is 42.2 Å². The summed E-state index contributed by atoms with van der Waals surface area (Å²) in [6, 6.07) is 7.27. The van der Waals surface area contributed by atoms with Crippen molar-refractivity contribution in [3.63, 3.8) is 0 Å². The van der Waals surface area contributed by atoms with Crippen molar-refractivity contribution in [2.24, 2.45) is 5.92 Å². The maximum atomic E-state index is 12.0. The normalized spacial score (nSPS) is 18.2. The van der Waals surface area contributed by atoms with Crippen molar-refractivity contribution < 1.29 is 14.6 Å². The lowest BCUT2D eigenvalue weighted by Crippen LogP contribution is -2.29. The average molecular weight is 278 g/mol. The zero-order chi connectivity index (χ0) is 14.4. The van der Waals surface area contributed by atoms with Gasteiger partial charge in [-0.25, -0.2) is 0 Å². The number of amides is 1. The zero-order valence-corrected chi connectivity index (χ0v) is 11.6. The molecule has 1 saturated heterocycles. The van der Waals surface area contributed by atoms with Crippen LogP contribution in [0.25, 0.3) is 0 Å². The van der Waals surface area contributed by atoms with Gasteiger partial charge in [0.05, 0.1) is 18.7 Å². The predicted octanol–water partition coefficient (Wildman–Crippen LogP) is 1.27. The SMILES string of the molecule is Nc1ccccc1OCCC(=O)N1CCC(CCO)C1. The molecule has 1 heterocycles. The molecule has 2 rings (SSSR count). The quantitative estimate of drug-likeness (QED) is 0.768. The van der Waals surface area contributed by atoms with E-state index in [9.17, 15) is 4.79 Å². The molecule has 110 valence electrons. The molecule has 1 amide bonds. The molecule has 1 atom stereocenters. The van der Waals surface area contributed by atoms with E-state index < -0.39 is 0 Å². The zero-order valence-electron chi connectivity index (χ0n) is 11.6. The highest BCUT2D eigenvalue weighted by Gasteiger charge is 2.25. The molecule has 0 aliphatic carbocycles.